The van der Waals surface area contributed by atoms with E-state index in [1.807, 2.05) is 26.2 Å². The fraction of sp³-hybridized carbons (Fsp3) is 0.364. The van der Waals surface area contributed by atoms with E-state index in [-0.39, 0.29) is 0 Å². The van der Waals surface area contributed by atoms with Gasteiger partial charge in [0, 0.05) is 19.3 Å². The summed E-state index contributed by atoms with van der Waals surface area (Å²) in [7, 11) is 5.75. The lowest BCUT2D eigenvalue weighted by molar-refractivity contribution is 0.402. The van der Waals surface area contributed by atoms with Crippen molar-refractivity contribution in [2.45, 2.75) is 6.54 Å². The number of rotatable bonds is 3. The van der Waals surface area contributed by atoms with Crippen LogP contribution in [0.5, 0.6) is 0 Å². The monoisotopic (exact) mass is 206 g/mol. The number of hydrogen-bond donors (Lipinski definition) is 2. The van der Waals surface area contributed by atoms with E-state index >= 15 is 0 Å². The minimum Gasteiger partial charge on any atom is -0.370 e. The summed E-state index contributed by atoms with van der Waals surface area (Å²) < 4.78 is 0. The third kappa shape index (κ3) is 3.99. The first-order chi connectivity index (χ1) is 7.11. The van der Waals surface area contributed by atoms with E-state index in [2.05, 4.69) is 27.3 Å². The summed E-state index contributed by atoms with van der Waals surface area (Å²) in [6.45, 7) is 0.942. The van der Waals surface area contributed by atoms with Crippen molar-refractivity contribution in [3.8, 4) is 0 Å². The Bertz CT molecular complexity index is 327. The van der Waals surface area contributed by atoms with Crippen LogP contribution in [-0.4, -0.2) is 32.0 Å². The second-order valence-corrected chi connectivity index (χ2v) is 3.67. The molecule has 1 aromatic carbocycles. The number of hydrogen-bond acceptors (Lipinski definition) is 2. The molecule has 0 aliphatic heterocycles. The average Bonchev–Trinajstić information content (AvgIpc) is 2.20. The van der Waals surface area contributed by atoms with Gasteiger partial charge in [-0.1, -0.05) is 12.1 Å². The molecule has 0 fully saturated rings. The van der Waals surface area contributed by atoms with Crippen LogP contribution in [0.2, 0.25) is 0 Å². The highest BCUT2D eigenvalue weighted by atomic mass is 15.1. The zero-order valence-electron chi connectivity index (χ0n) is 9.49. The highest BCUT2D eigenvalue weighted by molar-refractivity contribution is 5.92. The van der Waals surface area contributed by atoms with E-state index < -0.39 is 0 Å². The third-order valence-corrected chi connectivity index (χ3v) is 1.97. The Balaban J connectivity index is 2.64. The minimum atomic E-state index is 0.426. The Kier molecular flexibility index (Phi) is 4.12. The zero-order valence-corrected chi connectivity index (χ0v) is 9.49. The van der Waals surface area contributed by atoms with Crippen LogP contribution in [0.25, 0.3) is 0 Å². The Morgan fingerprint density at radius 3 is 2.40 bits per heavy atom. The summed E-state index contributed by atoms with van der Waals surface area (Å²) in [5, 5.41) is 2.99. The number of aliphatic imine (C=N–C) groups is 1. The van der Waals surface area contributed by atoms with Crippen LogP contribution in [0.3, 0.4) is 0 Å². The Morgan fingerprint density at radius 2 is 1.93 bits per heavy atom. The zero-order chi connectivity index (χ0) is 11.3. The first kappa shape index (κ1) is 11.5. The molecule has 15 heavy (non-hydrogen) atoms. The molecule has 0 saturated heterocycles. The SMILES string of the molecule is CN=C(N)Nc1ccc(CN(C)C)cc1. The predicted octanol–water partition coefficient (Wildman–Crippen LogP) is 1.10. The van der Waals surface area contributed by atoms with Crippen LogP contribution < -0.4 is 11.1 Å². The van der Waals surface area contributed by atoms with Crippen molar-refractivity contribution in [3.05, 3.63) is 29.8 Å². The molecule has 0 aromatic heterocycles. The molecule has 3 N–H and O–H groups in total. The molecule has 0 amide bonds. The van der Waals surface area contributed by atoms with E-state index in [4.69, 9.17) is 5.73 Å². The lowest BCUT2D eigenvalue weighted by atomic mass is 10.2. The van der Waals surface area contributed by atoms with Crippen LogP contribution in [0.1, 0.15) is 5.56 Å². The number of nitrogens with zero attached hydrogens (tertiary/aromatic N) is 2. The molecular weight excluding hydrogens is 188 g/mol. The molecular formula is C11H18N4. The maximum absolute atomic E-state index is 5.55. The lowest BCUT2D eigenvalue weighted by Crippen LogP contribution is -2.21. The van der Waals surface area contributed by atoms with Gasteiger partial charge in [-0.2, -0.15) is 0 Å². The molecule has 0 bridgehead atoms. The van der Waals surface area contributed by atoms with Gasteiger partial charge < -0.3 is 16.0 Å². The Morgan fingerprint density at radius 1 is 1.33 bits per heavy atom. The highest BCUT2D eigenvalue weighted by Gasteiger charge is 1.96. The molecule has 0 spiro atoms. The smallest absolute Gasteiger partial charge is 0.192 e. The van der Waals surface area contributed by atoms with Gasteiger partial charge in [-0.15, -0.1) is 0 Å². The van der Waals surface area contributed by atoms with Gasteiger partial charge >= 0.3 is 0 Å². The van der Waals surface area contributed by atoms with Crippen molar-refractivity contribution in [1.82, 2.24) is 4.90 Å². The first-order valence-corrected chi connectivity index (χ1v) is 4.85. The van der Waals surface area contributed by atoms with Gasteiger partial charge in [-0.05, 0) is 31.8 Å². The molecule has 82 valence electrons. The number of nitrogens with two attached hydrogens (primary N) is 1. The molecule has 0 aliphatic carbocycles. The van der Waals surface area contributed by atoms with Crippen LogP contribution in [0.4, 0.5) is 5.69 Å². The maximum Gasteiger partial charge on any atom is 0.192 e. The summed E-state index contributed by atoms with van der Waals surface area (Å²) in [5.41, 5.74) is 7.79. The molecule has 0 radical (unpaired) electrons. The Labute approximate surface area is 90.8 Å². The van der Waals surface area contributed by atoms with Gasteiger partial charge in [0.25, 0.3) is 0 Å². The summed E-state index contributed by atoms with van der Waals surface area (Å²) in [6, 6.07) is 8.14. The van der Waals surface area contributed by atoms with E-state index in [9.17, 15) is 0 Å². The van der Waals surface area contributed by atoms with Crippen molar-refractivity contribution >= 4 is 11.6 Å². The highest BCUT2D eigenvalue weighted by Crippen LogP contribution is 2.10. The summed E-state index contributed by atoms with van der Waals surface area (Å²) in [6.07, 6.45) is 0. The quantitative estimate of drug-likeness (QED) is 0.575. The fourth-order valence-electron chi connectivity index (χ4n) is 1.26. The van der Waals surface area contributed by atoms with E-state index in [0.29, 0.717) is 5.96 Å². The largest absolute Gasteiger partial charge is 0.370 e. The summed E-state index contributed by atoms with van der Waals surface area (Å²) in [5.74, 6) is 0.426. The number of guanidine groups is 1. The van der Waals surface area contributed by atoms with Gasteiger partial charge in [0.2, 0.25) is 0 Å². The summed E-state index contributed by atoms with van der Waals surface area (Å²) in [4.78, 5) is 5.96. The van der Waals surface area contributed by atoms with Crippen LogP contribution in [-0.2, 0) is 6.54 Å². The van der Waals surface area contributed by atoms with Gasteiger partial charge in [-0.25, -0.2) is 0 Å². The lowest BCUT2D eigenvalue weighted by Gasteiger charge is -2.10. The molecule has 1 rings (SSSR count). The van der Waals surface area contributed by atoms with Gasteiger partial charge in [0.05, 0.1) is 0 Å². The predicted molar refractivity (Wildman–Crippen MR) is 65.0 cm³/mol. The van der Waals surface area contributed by atoms with Gasteiger partial charge in [-0.3, -0.25) is 4.99 Å². The Hall–Kier alpha value is -1.55. The van der Waals surface area contributed by atoms with E-state index in [1.165, 1.54) is 5.56 Å². The molecule has 0 aliphatic rings. The van der Waals surface area contributed by atoms with Crippen molar-refractivity contribution in [2.24, 2.45) is 10.7 Å². The average molecular weight is 206 g/mol. The van der Waals surface area contributed by atoms with Crippen LogP contribution in [0, 0.1) is 0 Å². The molecule has 0 heterocycles. The van der Waals surface area contributed by atoms with Gasteiger partial charge in [0.15, 0.2) is 5.96 Å². The maximum atomic E-state index is 5.55. The molecule has 0 unspecified atom stereocenters. The third-order valence-electron chi connectivity index (χ3n) is 1.97. The number of benzene rings is 1. The second-order valence-electron chi connectivity index (χ2n) is 3.67. The van der Waals surface area contributed by atoms with Gasteiger partial charge in [0.1, 0.15) is 0 Å². The number of nitrogens with one attached hydrogen (secondary N) is 1. The van der Waals surface area contributed by atoms with Crippen molar-refractivity contribution in [1.29, 1.82) is 0 Å². The van der Waals surface area contributed by atoms with Crippen molar-refractivity contribution in [3.63, 3.8) is 0 Å². The molecule has 4 nitrogen and oxygen atoms in total. The van der Waals surface area contributed by atoms with Crippen LogP contribution in [0.15, 0.2) is 29.3 Å². The molecule has 1 aromatic rings. The van der Waals surface area contributed by atoms with Crippen molar-refractivity contribution in [2.75, 3.05) is 26.5 Å². The minimum absolute atomic E-state index is 0.426. The van der Waals surface area contributed by atoms with Crippen LogP contribution >= 0.6 is 0 Å². The molecule has 0 saturated carbocycles. The second kappa shape index (κ2) is 5.36. The normalized spacial score (nSPS) is 11.9. The first-order valence-electron chi connectivity index (χ1n) is 4.85. The van der Waals surface area contributed by atoms with E-state index in [0.717, 1.165) is 12.2 Å². The standard InChI is InChI=1S/C11H18N4/c1-13-11(12)14-10-6-4-9(5-7-10)8-15(2)3/h4-7H,8H2,1-3H3,(H3,12,13,14). The molecule has 4 heteroatoms. The molecule has 0 atom stereocenters. The number of anilines is 1. The van der Waals surface area contributed by atoms with Crippen molar-refractivity contribution < 1.29 is 0 Å². The van der Waals surface area contributed by atoms with E-state index in [1.54, 1.807) is 7.05 Å². The fourth-order valence-corrected chi connectivity index (χ4v) is 1.26. The summed E-state index contributed by atoms with van der Waals surface area (Å²) >= 11 is 0. The topological polar surface area (TPSA) is 53.6 Å².